The molecule has 4 heterocycles. The third-order valence-corrected chi connectivity index (χ3v) is 6.50. The molecule has 2 aliphatic rings. The number of hydrogen-bond acceptors (Lipinski definition) is 6. The summed E-state index contributed by atoms with van der Waals surface area (Å²) in [5, 5.41) is 2.57. The molecule has 0 aliphatic carbocycles. The van der Waals surface area contributed by atoms with Crippen LogP contribution in [0.3, 0.4) is 0 Å². The number of hydrogen-bond donors (Lipinski definition) is 1. The summed E-state index contributed by atoms with van der Waals surface area (Å²) in [5.74, 6) is 0.902. The molecule has 0 spiro atoms. The molecule has 0 bridgehead atoms. The van der Waals surface area contributed by atoms with Crippen molar-refractivity contribution in [1.82, 2.24) is 4.98 Å². The first-order chi connectivity index (χ1) is 11.2. The van der Waals surface area contributed by atoms with Crippen LogP contribution in [0.1, 0.15) is 11.3 Å². The molecule has 2 aromatic rings. The van der Waals surface area contributed by atoms with E-state index in [1.165, 1.54) is 6.20 Å². The first kappa shape index (κ1) is 15.1. The zero-order valence-corrected chi connectivity index (χ0v) is 14.0. The van der Waals surface area contributed by atoms with Crippen molar-refractivity contribution >= 4 is 28.3 Å². The third-order valence-electron chi connectivity index (χ3n) is 4.45. The van der Waals surface area contributed by atoms with Crippen molar-refractivity contribution in [2.45, 2.75) is 12.0 Å². The number of aromatic nitrogens is 1. The Labute approximate surface area is 142 Å². The molecule has 23 heavy (non-hydrogen) atoms. The van der Waals surface area contributed by atoms with Gasteiger partial charge in [0.1, 0.15) is 5.54 Å². The summed E-state index contributed by atoms with van der Waals surface area (Å²) in [4.78, 5) is 9.59. The number of fused-ring (bicyclic) bond motifs is 1. The lowest BCUT2D eigenvalue weighted by atomic mass is 9.80. The number of thioether (sulfide) groups is 1. The summed E-state index contributed by atoms with van der Waals surface area (Å²) in [6, 6.07) is 5.50. The minimum absolute atomic E-state index is 0.402. The summed E-state index contributed by atoms with van der Waals surface area (Å²) >= 11 is 3.20. The largest absolute Gasteiger partial charge is 0.379 e. The van der Waals surface area contributed by atoms with Crippen LogP contribution >= 0.6 is 23.1 Å². The highest BCUT2D eigenvalue weighted by Crippen LogP contribution is 2.47. The normalized spacial score (nSPS) is 27.3. The van der Waals surface area contributed by atoms with Crippen LogP contribution in [0.4, 0.5) is 4.39 Å². The summed E-state index contributed by atoms with van der Waals surface area (Å²) in [6.45, 7) is 1.30. The second kappa shape index (κ2) is 5.89. The summed E-state index contributed by atoms with van der Waals surface area (Å²) in [7, 11) is 0. The first-order valence-corrected chi connectivity index (χ1v) is 9.31. The second-order valence-corrected chi connectivity index (χ2v) is 7.72. The van der Waals surface area contributed by atoms with Gasteiger partial charge in [-0.25, -0.2) is 9.98 Å². The minimum atomic E-state index is -0.451. The second-order valence-electron chi connectivity index (χ2n) is 5.76. The lowest BCUT2D eigenvalue weighted by Crippen LogP contribution is -2.47. The number of nitrogens with zero attached hydrogens (tertiary/aromatic N) is 2. The predicted octanol–water partition coefficient (Wildman–Crippen LogP) is 3.24. The van der Waals surface area contributed by atoms with Crippen LogP contribution in [-0.2, 0) is 10.3 Å². The van der Waals surface area contributed by atoms with E-state index in [2.05, 4.69) is 4.98 Å². The highest BCUT2D eigenvalue weighted by Gasteiger charge is 2.46. The van der Waals surface area contributed by atoms with Crippen molar-refractivity contribution in [2.75, 3.05) is 19.0 Å². The van der Waals surface area contributed by atoms with Gasteiger partial charge in [0.15, 0.2) is 5.17 Å². The molecule has 2 aliphatic heterocycles. The van der Waals surface area contributed by atoms with Gasteiger partial charge in [-0.15, -0.1) is 11.3 Å². The number of nitrogens with two attached hydrogens (primary N) is 1. The Bertz CT molecular complexity index is 763. The number of aliphatic imine (C=N–C) groups is 1. The number of rotatable bonds is 2. The monoisotopic (exact) mass is 349 g/mol. The Morgan fingerprint density at radius 1 is 1.43 bits per heavy atom. The van der Waals surface area contributed by atoms with Gasteiger partial charge in [0.05, 0.1) is 6.61 Å². The molecule has 0 radical (unpaired) electrons. The molecule has 0 amide bonds. The van der Waals surface area contributed by atoms with Crippen molar-refractivity contribution in [1.29, 1.82) is 0 Å². The zero-order chi connectivity index (χ0) is 15.9. The van der Waals surface area contributed by atoms with Gasteiger partial charge in [-0.2, -0.15) is 4.39 Å². The van der Waals surface area contributed by atoms with Gasteiger partial charge in [-0.1, -0.05) is 11.8 Å². The molecule has 1 fully saturated rings. The minimum Gasteiger partial charge on any atom is -0.379 e. The number of thiophene rings is 1. The van der Waals surface area contributed by atoms with Gasteiger partial charge in [0.25, 0.3) is 0 Å². The fourth-order valence-electron chi connectivity index (χ4n) is 3.20. The van der Waals surface area contributed by atoms with E-state index < -0.39 is 11.5 Å². The van der Waals surface area contributed by atoms with Gasteiger partial charge in [0, 0.05) is 34.9 Å². The fraction of sp³-hybridized carbons (Fsp3) is 0.375. The van der Waals surface area contributed by atoms with Crippen molar-refractivity contribution in [2.24, 2.45) is 16.6 Å². The molecule has 7 heteroatoms. The average molecular weight is 349 g/mol. The molecule has 4 nitrogen and oxygen atoms in total. The van der Waals surface area contributed by atoms with E-state index in [-0.39, 0.29) is 0 Å². The van der Waals surface area contributed by atoms with Crippen molar-refractivity contribution in [3.63, 3.8) is 0 Å². The van der Waals surface area contributed by atoms with Gasteiger partial charge >= 0.3 is 0 Å². The molecule has 120 valence electrons. The molecule has 2 atom stereocenters. The Hall–Kier alpha value is -1.44. The average Bonchev–Trinajstić information content (AvgIpc) is 3.05. The molecule has 0 saturated carbocycles. The van der Waals surface area contributed by atoms with Crippen molar-refractivity contribution in [3.05, 3.63) is 40.6 Å². The van der Waals surface area contributed by atoms with E-state index in [9.17, 15) is 4.39 Å². The highest BCUT2D eigenvalue weighted by atomic mass is 32.2. The smallest absolute Gasteiger partial charge is 0.220 e. The van der Waals surface area contributed by atoms with Crippen LogP contribution < -0.4 is 5.73 Å². The Balaban J connectivity index is 1.78. The molecule has 2 unspecified atom stereocenters. The van der Waals surface area contributed by atoms with E-state index in [0.29, 0.717) is 23.3 Å². The number of pyridine rings is 1. The topological polar surface area (TPSA) is 60.5 Å². The Morgan fingerprint density at radius 2 is 2.35 bits per heavy atom. The molecule has 0 aromatic carbocycles. The maximum absolute atomic E-state index is 13.9. The third kappa shape index (κ3) is 2.56. The number of ether oxygens (including phenoxy) is 1. The van der Waals surface area contributed by atoms with E-state index in [1.54, 1.807) is 35.2 Å². The molecule has 2 aromatic heterocycles. The quantitative estimate of drug-likeness (QED) is 0.846. The summed E-state index contributed by atoms with van der Waals surface area (Å²) in [5.41, 5.74) is 6.93. The van der Waals surface area contributed by atoms with Crippen molar-refractivity contribution < 1.29 is 9.13 Å². The van der Waals surface area contributed by atoms with Gasteiger partial charge < -0.3 is 10.5 Å². The number of amidine groups is 1. The molecule has 4 rings (SSSR count). The van der Waals surface area contributed by atoms with E-state index in [0.717, 1.165) is 29.2 Å². The fourth-order valence-corrected chi connectivity index (χ4v) is 5.36. The zero-order valence-electron chi connectivity index (χ0n) is 12.4. The molecule has 1 saturated heterocycles. The molecule has 2 N–H and O–H groups in total. The Kier molecular flexibility index (Phi) is 3.87. The Morgan fingerprint density at radius 3 is 3.22 bits per heavy atom. The van der Waals surface area contributed by atoms with E-state index in [4.69, 9.17) is 15.5 Å². The van der Waals surface area contributed by atoms with Gasteiger partial charge in [0.2, 0.25) is 5.95 Å². The number of halogens is 1. The maximum Gasteiger partial charge on any atom is 0.220 e. The van der Waals surface area contributed by atoms with Crippen LogP contribution in [-0.4, -0.2) is 29.1 Å². The van der Waals surface area contributed by atoms with Crippen LogP contribution in [0, 0.1) is 11.9 Å². The summed E-state index contributed by atoms with van der Waals surface area (Å²) in [6.07, 6.45) is 2.43. The maximum atomic E-state index is 13.9. The van der Waals surface area contributed by atoms with E-state index in [1.807, 2.05) is 11.4 Å². The van der Waals surface area contributed by atoms with Gasteiger partial charge in [-0.05, 0) is 35.6 Å². The van der Waals surface area contributed by atoms with E-state index >= 15 is 0 Å². The van der Waals surface area contributed by atoms with Crippen LogP contribution in [0.2, 0.25) is 0 Å². The van der Waals surface area contributed by atoms with Crippen LogP contribution in [0.5, 0.6) is 0 Å². The first-order valence-electron chi connectivity index (χ1n) is 7.45. The van der Waals surface area contributed by atoms with Gasteiger partial charge in [-0.3, -0.25) is 0 Å². The highest BCUT2D eigenvalue weighted by molar-refractivity contribution is 8.13. The standard InChI is InChI=1S/C16H16FN3OS2/c17-14-12(2-1-4-19-14)10-6-13(22-7-10)16-9-21-5-3-11(16)8-23-15(18)20-16/h1-2,4,6-7,11H,3,5,8-9H2,(H2,18,20). The SMILES string of the molecule is NC1=NC2(c3cc(-c4cccnc4F)cs3)COCCC2CS1. The lowest BCUT2D eigenvalue weighted by Gasteiger charge is -2.42. The van der Waals surface area contributed by atoms with Crippen LogP contribution in [0.25, 0.3) is 11.1 Å². The lowest BCUT2D eigenvalue weighted by molar-refractivity contribution is 0.00613. The van der Waals surface area contributed by atoms with Crippen molar-refractivity contribution in [3.8, 4) is 11.1 Å². The predicted molar refractivity (Wildman–Crippen MR) is 92.2 cm³/mol. The van der Waals surface area contributed by atoms with Crippen LogP contribution in [0.15, 0.2) is 34.8 Å². The molecular formula is C16H16FN3OS2. The summed E-state index contributed by atoms with van der Waals surface area (Å²) < 4.78 is 19.7. The molecular weight excluding hydrogens is 333 g/mol.